The Hall–Kier alpha value is -1.12. The molecule has 0 radical (unpaired) electrons. The number of aryl methyl sites for hydroxylation is 1. The molecule has 0 amide bonds. The minimum atomic E-state index is -0.776. The third-order valence-electron chi connectivity index (χ3n) is 4.11. The smallest absolute Gasteiger partial charge is 0.124 e. The van der Waals surface area contributed by atoms with Crippen LogP contribution in [0.3, 0.4) is 0 Å². The lowest BCUT2D eigenvalue weighted by Gasteiger charge is -2.37. The third kappa shape index (κ3) is 1.63. The maximum atomic E-state index is 11.2. The van der Waals surface area contributed by atoms with Crippen LogP contribution >= 0.6 is 11.3 Å². The van der Waals surface area contributed by atoms with Crippen molar-refractivity contribution in [1.82, 2.24) is 0 Å². The van der Waals surface area contributed by atoms with Crippen molar-refractivity contribution in [2.75, 3.05) is 0 Å². The van der Waals surface area contributed by atoms with Crippen LogP contribution in [0.5, 0.6) is 0 Å². The molecule has 1 N–H and O–H groups in total. The van der Waals surface area contributed by atoms with E-state index in [9.17, 15) is 5.11 Å². The Morgan fingerprint density at radius 1 is 1.28 bits per heavy atom. The molecule has 1 heterocycles. The van der Waals surface area contributed by atoms with Gasteiger partial charge in [-0.2, -0.15) is 0 Å². The van der Waals surface area contributed by atoms with E-state index in [0.29, 0.717) is 5.92 Å². The molecule has 0 fully saturated rings. The normalized spacial score (nSPS) is 26.9. The van der Waals surface area contributed by atoms with Gasteiger partial charge in [-0.05, 0) is 53.8 Å². The summed E-state index contributed by atoms with van der Waals surface area (Å²) >= 11 is 1.67. The average Bonchev–Trinajstić information content (AvgIpc) is 2.82. The molecule has 0 saturated carbocycles. The molecule has 2 atom stereocenters. The van der Waals surface area contributed by atoms with E-state index in [0.717, 1.165) is 23.3 Å². The van der Waals surface area contributed by atoms with E-state index in [4.69, 9.17) is 0 Å². The molecule has 0 aliphatic heterocycles. The Labute approximate surface area is 112 Å². The number of benzene rings is 1. The van der Waals surface area contributed by atoms with Gasteiger partial charge >= 0.3 is 0 Å². The highest BCUT2D eigenvalue weighted by atomic mass is 32.1. The average molecular weight is 258 g/mol. The second-order valence-electron chi connectivity index (χ2n) is 5.32. The Morgan fingerprint density at radius 2 is 2.06 bits per heavy atom. The summed E-state index contributed by atoms with van der Waals surface area (Å²) in [4.78, 5) is 1.11. The molecule has 1 aromatic heterocycles. The van der Waals surface area contributed by atoms with Crippen molar-refractivity contribution in [3.63, 3.8) is 0 Å². The number of aliphatic hydroxyl groups is 1. The highest BCUT2D eigenvalue weighted by Crippen LogP contribution is 2.47. The number of hydrogen-bond acceptors (Lipinski definition) is 2. The molecular weight excluding hydrogens is 240 g/mol. The summed E-state index contributed by atoms with van der Waals surface area (Å²) in [6, 6.07) is 10.4. The van der Waals surface area contributed by atoms with E-state index in [1.165, 1.54) is 11.1 Å². The monoisotopic (exact) mass is 258 g/mol. The van der Waals surface area contributed by atoms with Crippen molar-refractivity contribution in [3.8, 4) is 0 Å². The third-order valence-corrected chi connectivity index (χ3v) is 5.28. The molecule has 1 aliphatic rings. The topological polar surface area (TPSA) is 20.2 Å². The van der Waals surface area contributed by atoms with Crippen molar-refractivity contribution in [2.45, 2.75) is 38.2 Å². The van der Waals surface area contributed by atoms with E-state index >= 15 is 0 Å². The maximum Gasteiger partial charge on any atom is 0.124 e. The number of thiophene rings is 1. The summed E-state index contributed by atoms with van der Waals surface area (Å²) in [5, 5.41) is 13.3. The van der Waals surface area contributed by atoms with Crippen LogP contribution in [-0.4, -0.2) is 5.11 Å². The lowest BCUT2D eigenvalue weighted by molar-refractivity contribution is 0.0611. The van der Waals surface area contributed by atoms with Crippen LogP contribution in [0.4, 0.5) is 0 Å². The van der Waals surface area contributed by atoms with Gasteiger partial charge in [0.2, 0.25) is 0 Å². The molecule has 2 unspecified atom stereocenters. The fourth-order valence-corrected chi connectivity index (χ4v) is 4.12. The number of fused-ring (bicyclic) bond motifs is 1. The SMILES string of the molecule is Cc1ccsc1C1(O)CCC(C)c2ccccc21. The van der Waals surface area contributed by atoms with Crippen LogP contribution in [0, 0.1) is 6.92 Å². The van der Waals surface area contributed by atoms with E-state index < -0.39 is 5.60 Å². The van der Waals surface area contributed by atoms with Crippen LogP contribution in [0.2, 0.25) is 0 Å². The van der Waals surface area contributed by atoms with Crippen molar-refractivity contribution in [2.24, 2.45) is 0 Å². The van der Waals surface area contributed by atoms with E-state index in [1.807, 2.05) is 6.07 Å². The highest BCUT2D eigenvalue weighted by molar-refractivity contribution is 7.10. The summed E-state index contributed by atoms with van der Waals surface area (Å²) in [5.41, 5.74) is 2.83. The molecule has 1 nitrogen and oxygen atoms in total. The second-order valence-corrected chi connectivity index (χ2v) is 6.24. The van der Waals surface area contributed by atoms with Gasteiger partial charge < -0.3 is 5.11 Å². The molecule has 2 aromatic rings. The Bertz CT molecular complexity index is 572. The van der Waals surface area contributed by atoms with Crippen molar-refractivity contribution < 1.29 is 5.11 Å². The lowest BCUT2D eigenvalue weighted by atomic mass is 9.73. The summed E-state index contributed by atoms with van der Waals surface area (Å²) < 4.78 is 0. The summed E-state index contributed by atoms with van der Waals surface area (Å²) in [7, 11) is 0. The minimum absolute atomic E-state index is 0.543. The van der Waals surface area contributed by atoms with Crippen LogP contribution in [0.25, 0.3) is 0 Å². The zero-order chi connectivity index (χ0) is 12.8. The molecule has 94 valence electrons. The molecular formula is C16H18OS. The van der Waals surface area contributed by atoms with Gasteiger partial charge in [0.15, 0.2) is 0 Å². The first-order valence-corrected chi connectivity index (χ1v) is 7.37. The fraction of sp³-hybridized carbons (Fsp3) is 0.375. The van der Waals surface area contributed by atoms with Crippen molar-refractivity contribution >= 4 is 11.3 Å². The van der Waals surface area contributed by atoms with Gasteiger partial charge in [0, 0.05) is 4.88 Å². The quantitative estimate of drug-likeness (QED) is 0.813. The van der Waals surface area contributed by atoms with E-state index in [2.05, 4.69) is 43.5 Å². The van der Waals surface area contributed by atoms with Crippen LogP contribution < -0.4 is 0 Å². The maximum absolute atomic E-state index is 11.2. The zero-order valence-electron chi connectivity index (χ0n) is 10.8. The van der Waals surface area contributed by atoms with E-state index in [-0.39, 0.29) is 0 Å². The Balaban J connectivity index is 2.20. The van der Waals surface area contributed by atoms with Gasteiger partial charge in [-0.3, -0.25) is 0 Å². The number of hydrogen-bond donors (Lipinski definition) is 1. The Morgan fingerprint density at radius 3 is 2.78 bits per heavy atom. The molecule has 0 saturated heterocycles. The summed E-state index contributed by atoms with van der Waals surface area (Å²) in [5.74, 6) is 0.543. The largest absolute Gasteiger partial charge is 0.380 e. The Kier molecular flexibility index (Phi) is 2.80. The molecule has 18 heavy (non-hydrogen) atoms. The van der Waals surface area contributed by atoms with Gasteiger partial charge in [-0.1, -0.05) is 31.2 Å². The lowest BCUT2D eigenvalue weighted by Crippen LogP contribution is -2.32. The van der Waals surface area contributed by atoms with E-state index in [1.54, 1.807) is 11.3 Å². The highest BCUT2D eigenvalue weighted by Gasteiger charge is 2.39. The minimum Gasteiger partial charge on any atom is -0.380 e. The molecule has 1 aliphatic carbocycles. The van der Waals surface area contributed by atoms with Crippen molar-refractivity contribution in [1.29, 1.82) is 0 Å². The van der Waals surface area contributed by atoms with Gasteiger partial charge in [0.1, 0.15) is 5.60 Å². The van der Waals surface area contributed by atoms with Gasteiger partial charge in [0.25, 0.3) is 0 Å². The first kappa shape index (κ1) is 11.9. The first-order chi connectivity index (χ1) is 8.63. The molecule has 2 heteroatoms. The van der Waals surface area contributed by atoms with Crippen LogP contribution in [0.1, 0.15) is 47.3 Å². The zero-order valence-corrected chi connectivity index (χ0v) is 11.6. The second kappa shape index (κ2) is 4.22. The predicted octanol–water partition coefficient (Wildman–Crippen LogP) is 4.19. The first-order valence-electron chi connectivity index (χ1n) is 6.49. The van der Waals surface area contributed by atoms with Gasteiger partial charge in [-0.15, -0.1) is 11.3 Å². The predicted molar refractivity (Wildman–Crippen MR) is 76.1 cm³/mol. The van der Waals surface area contributed by atoms with Crippen molar-refractivity contribution in [3.05, 3.63) is 57.3 Å². The molecule has 0 spiro atoms. The molecule has 1 aromatic carbocycles. The summed E-state index contributed by atoms with van der Waals surface area (Å²) in [6.07, 6.45) is 1.87. The van der Waals surface area contributed by atoms with Crippen LogP contribution in [0.15, 0.2) is 35.7 Å². The van der Waals surface area contributed by atoms with Crippen LogP contribution in [-0.2, 0) is 5.60 Å². The summed E-state index contributed by atoms with van der Waals surface area (Å²) in [6.45, 7) is 4.34. The molecule has 0 bridgehead atoms. The van der Waals surface area contributed by atoms with Gasteiger partial charge in [-0.25, -0.2) is 0 Å². The molecule has 3 rings (SSSR count). The standard InChI is InChI=1S/C16H18OS/c1-11-7-9-16(17,15-12(2)8-10-18-15)14-6-4-3-5-13(11)14/h3-6,8,10-11,17H,7,9H2,1-2H3. The number of rotatable bonds is 1. The van der Waals surface area contributed by atoms with Gasteiger partial charge in [0.05, 0.1) is 0 Å². The fourth-order valence-electron chi connectivity index (χ4n) is 3.05.